The van der Waals surface area contributed by atoms with Gasteiger partial charge in [-0.15, -0.1) is 0 Å². The number of carboxylic acid groups (broad SMARTS) is 1. The second-order valence-corrected chi connectivity index (χ2v) is 3.97. The van der Waals surface area contributed by atoms with Crippen LogP contribution in [0.3, 0.4) is 0 Å². The van der Waals surface area contributed by atoms with Gasteiger partial charge in [0.15, 0.2) is 0 Å². The summed E-state index contributed by atoms with van der Waals surface area (Å²) >= 11 is 0. The minimum Gasteiger partial charge on any atom is -0.481 e. The zero-order valence-electron chi connectivity index (χ0n) is 8.37. The molecule has 0 aromatic heterocycles. The Labute approximate surface area is 90.7 Å². The molecule has 0 aliphatic carbocycles. The van der Waals surface area contributed by atoms with Crippen LogP contribution in [0.2, 0.25) is 0 Å². The van der Waals surface area contributed by atoms with Crippen LogP contribution < -0.4 is 0 Å². The highest BCUT2D eigenvalue weighted by atomic mass is 19.1. The van der Waals surface area contributed by atoms with E-state index in [2.05, 4.69) is 0 Å². The van der Waals surface area contributed by atoms with E-state index in [0.717, 1.165) is 12.1 Å². The average Bonchev–Trinajstić information content (AvgIpc) is 2.12. The summed E-state index contributed by atoms with van der Waals surface area (Å²) in [6, 6.07) is 3.17. The lowest BCUT2D eigenvalue weighted by atomic mass is 9.75. The van der Waals surface area contributed by atoms with Crippen molar-refractivity contribution in [3.8, 4) is 0 Å². The van der Waals surface area contributed by atoms with E-state index in [1.165, 1.54) is 6.07 Å². The van der Waals surface area contributed by atoms with Crippen molar-refractivity contribution in [3.63, 3.8) is 0 Å². The quantitative estimate of drug-likeness (QED) is 0.856. The molecule has 0 spiro atoms. The molecule has 1 fully saturated rings. The Balaban J connectivity index is 2.36. The number of aliphatic carboxylic acids is 1. The molecule has 1 aliphatic rings. The molecule has 1 saturated heterocycles. The Bertz CT molecular complexity index is 427. The molecular weight excluding hydrogens is 218 g/mol. The van der Waals surface area contributed by atoms with Crippen molar-refractivity contribution in [2.75, 3.05) is 13.2 Å². The molecule has 1 aromatic rings. The summed E-state index contributed by atoms with van der Waals surface area (Å²) in [5.74, 6) is -2.41. The van der Waals surface area contributed by atoms with Crippen LogP contribution in [0.25, 0.3) is 0 Å². The van der Waals surface area contributed by atoms with Crippen molar-refractivity contribution in [2.45, 2.75) is 11.8 Å². The first kappa shape index (κ1) is 11.0. The van der Waals surface area contributed by atoms with E-state index in [-0.39, 0.29) is 25.2 Å². The fourth-order valence-corrected chi connectivity index (χ4v) is 1.91. The van der Waals surface area contributed by atoms with Crippen LogP contribution in [0.15, 0.2) is 18.2 Å². The number of benzene rings is 1. The van der Waals surface area contributed by atoms with Crippen molar-refractivity contribution >= 4 is 5.97 Å². The minimum absolute atomic E-state index is 0.155. The molecule has 0 atom stereocenters. The Morgan fingerprint density at radius 2 is 2.12 bits per heavy atom. The summed E-state index contributed by atoms with van der Waals surface area (Å²) in [6.07, 6.45) is -0.213. The summed E-state index contributed by atoms with van der Waals surface area (Å²) in [7, 11) is 0. The minimum atomic E-state index is -1.02. The first-order valence-electron chi connectivity index (χ1n) is 4.79. The SMILES string of the molecule is O=C(O)CC1(c2ccc(F)cc2F)COC1. The number of hydrogen-bond acceptors (Lipinski definition) is 2. The third-order valence-corrected chi connectivity index (χ3v) is 2.75. The van der Waals surface area contributed by atoms with Gasteiger partial charge in [0.2, 0.25) is 0 Å². The second kappa shape index (κ2) is 3.83. The predicted octanol–water partition coefficient (Wildman–Crippen LogP) is 1.71. The van der Waals surface area contributed by atoms with Crippen LogP contribution in [0, 0.1) is 11.6 Å². The van der Waals surface area contributed by atoms with Gasteiger partial charge in [-0.05, 0) is 11.6 Å². The zero-order valence-corrected chi connectivity index (χ0v) is 8.37. The van der Waals surface area contributed by atoms with E-state index < -0.39 is 23.0 Å². The number of rotatable bonds is 3. The molecule has 0 saturated carbocycles. The second-order valence-electron chi connectivity index (χ2n) is 3.97. The van der Waals surface area contributed by atoms with Crippen molar-refractivity contribution in [1.82, 2.24) is 0 Å². The standard InChI is InChI=1S/C11H10F2O3/c12-7-1-2-8(9(13)3-7)11(4-10(14)15)5-16-6-11/h1-3H,4-6H2,(H,14,15). The smallest absolute Gasteiger partial charge is 0.304 e. The first-order valence-corrected chi connectivity index (χ1v) is 4.79. The van der Waals surface area contributed by atoms with Gasteiger partial charge in [-0.1, -0.05) is 6.07 Å². The maximum atomic E-state index is 13.5. The highest BCUT2D eigenvalue weighted by molar-refractivity contribution is 5.69. The van der Waals surface area contributed by atoms with Crippen LogP contribution in [0.1, 0.15) is 12.0 Å². The number of ether oxygens (including phenoxy) is 1. The van der Waals surface area contributed by atoms with E-state index in [0.29, 0.717) is 0 Å². The molecule has 1 aromatic carbocycles. The van der Waals surface area contributed by atoms with E-state index >= 15 is 0 Å². The van der Waals surface area contributed by atoms with Crippen LogP contribution in [-0.4, -0.2) is 24.3 Å². The summed E-state index contributed by atoms with van der Waals surface area (Å²) in [4.78, 5) is 10.7. The number of carbonyl (C=O) groups is 1. The third kappa shape index (κ3) is 1.78. The number of hydrogen-bond donors (Lipinski definition) is 1. The molecule has 2 rings (SSSR count). The highest BCUT2D eigenvalue weighted by Gasteiger charge is 2.44. The van der Waals surface area contributed by atoms with Gasteiger partial charge in [-0.2, -0.15) is 0 Å². The predicted molar refractivity (Wildman–Crippen MR) is 51.1 cm³/mol. The van der Waals surface area contributed by atoms with Gasteiger partial charge < -0.3 is 9.84 Å². The largest absolute Gasteiger partial charge is 0.481 e. The molecule has 0 bridgehead atoms. The molecule has 0 radical (unpaired) electrons. The van der Waals surface area contributed by atoms with Gasteiger partial charge in [0.1, 0.15) is 11.6 Å². The molecule has 86 valence electrons. The lowest BCUT2D eigenvalue weighted by molar-refractivity contribution is -0.145. The monoisotopic (exact) mass is 228 g/mol. The van der Waals surface area contributed by atoms with Gasteiger partial charge in [0, 0.05) is 6.07 Å². The van der Waals surface area contributed by atoms with E-state index in [4.69, 9.17) is 9.84 Å². The molecule has 0 unspecified atom stereocenters. The van der Waals surface area contributed by atoms with Crippen LogP contribution in [-0.2, 0) is 14.9 Å². The van der Waals surface area contributed by atoms with Crippen molar-refractivity contribution in [1.29, 1.82) is 0 Å². The molecule has 1 aliphatic heterocycles. The summed E-state index contributed by atoms with van der Waals surface area (Å²) in [5.41, 5.74) is -0.633. The fourth-order valence-electron chi connectivity index (χ4n) is 1.91. The lowest BCUT2D eigenvalue weighted by Crippen LogP contribution is -2.48. The van der Waals surface area contributed by atoms with Gasteiger partial charge in [0.25, 0.3) is 0 Å². The fraction of sp³-hybridized carbons (Fsp3) is 0.364. The molecule has 1 heterocycles. The Kier molecular flexibility index (Phi) is 2.63. The average molecular weight is 228 g/mol. The van der Waals surface area contributed by atoms with Crippen LogP contribution in [0.4, 0.5) is 8.78 Å². The van der Waals surface area contributed by atoms with Crippen LogP contribution >= 0.6 is 0 Å². The van der Waals surface area contributed by atoms with Crippen molar-refractivity contribution < 1.29 is 23.4 Å². The number of carboxylic acids is 1. The Morgan fingerprint density at radius 3 is 2.56 bits per heavy atom. The molecular formula is C11H10F2O3. The first-order chi connectivity index (χ1) is 7.53. The molecule has 5 heteroatoms. The topological polar surface area (TPSA) is 46.5 Å². The molecule has 16 heavy (non-hydrogen) atoms. The van der Waals surface area contributed by atoms with Gasteiger partial charge in [0.05, 0.1) is 25.0 Å². The molecule has 3 nitrogen and oxygen atoms in total. The van der Waals surface area contributed by atoms with E-state index in [9.17, 15) is 13.6 Å². The lowest BCUT2D eigenvalue weighted by Gasteiger charge is -2.40. The van der Waals surface area contributed by atoms with Crippen LogP contribution in [0.5, 0.6) is 0 Å². The number of halogens is 2. The zero-order chi connectivity index (χ0) is 11.8. The Morgan fingerprint density at radius 1 is 1.44 bits per heavy atom. The Hall–Kier alpha value is -1.49. The summed E-state index contributed by atoms with van der Waals surface area (Å²) < 4.78 is 31.2. The molecule has 0 amide bonds. The van der Waals surface area contributed by atoms with Gasteiger partial charge >= 0.3 is 5.97 Å². The molecule has 1 N–H and O–H groups in total. The third-order valence-electron chi connectivity index (χ3n) is 2.75. The van der Waals surface area contributed by atoms with Gasteiger partial charge in [-0.25, -0.2) is 8.78 Å². The van der Waals surface area contributed by atoms with Crippen molar-refractivity contribution in [3.05, 3.63) is 35.4 Å². The maximum Gasteiger partial charge on any atom is 0.304 e. The highest BCUT2D eigenvalue weighted by Crippen LogP contribution is 2.37. The maximum absolute atomic E-state index is 13.5. The summed E-state index contributed by atoms with van der Waals surface area (Å²) in [5, 5.41) is 8.77. The van der Waals surface area contributed by atoms with Crippen molar-refractivity contribution in [2.24, 2.45) is 0 Å². The van der Waals surface area contributed by atoms with Gasteiger partial charge in [-0.3, -0.25) is 4.79 Å². The van der Waals surface area contributed by atoms with E-state index in [1.54, 1.807) is 0 Å². The van der Waals surface area contributed by atoms with E-state index in [1.807, 2.05) is 0 Å². The normalized spacial score (nSPS) is 17.9. The summed E-state index contributed by atoms with van der Waals surface area (Å²) in [6.45, 7) is 0.309.